The Balaban J connectivity index is 2.40. The predicted molar refractivity (Wildman–Crippen MR) is 43.6 cm³/mol. The lowest BCUT2D eigenvalue weighted by molar-refractivity contribution is 0.627. The maximum Gasteiger partial charge on any atom is 0.183 e. The SMILES string of the molecule is Fc1cccc(C2=N[N]C=N2)c1. The quantitative estimate of drug-likeness (QED) is 0.594. The number of aliphatic imine (C=N–C) groups is 1. The molecule has 2 rings (SSSR count). The molecule has 0 N–H and O–H groups in total. The standard InChI is InChI=1S/C8H5FN3/c9-7-3-1-2-6(4-7)8-10-5-11-12-8/h1-5H. The summed E-state index contributed by atoms with van der Waals surface area (Å²) >= 11 is 0. The van der Waals surface area contributed by atoms with Gasteiger partial charge >= 0.3 is 0 Å². The average Bonchev–Trinajstić information content (AvgIpc) is 2.56. The Morgan fingerprint density at radius 3 is 2.83 bits per heavy atom. The summed E-state index contributed by atoms with van der Waals surface area (Å²) in [6, 6.07) is 6.10. The van der Waals surface area contributed by atoms with Crippen LogP contribution in [0.4, 0.5) is 4.39 Å². The molecule has 1 aromatic rings. The van der Waals surface area contributed by atoms with Crippen molar-refractivity contribution in [1.29, 1.82) is 0 Å². The molecule has 59 valence electrons. The molecule has 4 heteroatoms. The summed E-state index contributed by atoms with van der Waals surface area (Å²) in [5.41, 5.74) is 4.19. The van der Waals surface area contributed by atoms with Crippen molar-refractivity contribution in [1.82, 2.24) is 5.43 Å². The van der Waals surface area contributed by atoms with Crippen LogP contribution in [0.1, 0.15) is 5.56 Å². The van der Waals surface area contributed by atoms with Crippen molar-refractivity contribution in [3.05, 3.63) is 35.6 Å². The zero-order valence-corrected chi connectivity index (χ0v) is 6.11. The zero-order valence-electron chi connectivity index (χ0n) is 6.11. The van der Waals surface area contributed by atoms with E-state index in [-0.39, 0.29) is 5.82 Å². The second-order valence-electron chi connectivity index (χ2n) is 2.29. The van der Waals surface area contributed by atoms with Gasteiger partial charge in [0.05, 0.1) is 0 Å². The number of halogens is 1. The Hall–Kier alpha value is -1.71. The maximum absolute atomic E-state index is 12.7. The van der Waals surface area contributed by atoms with Gasteiger partial charge in [0.25, 0.3) is 0 Å². The minimum Gasteiger partial charge on any atom is -0.213 e. The summed E-state index contributed by atoms with van der Waals surface area (Å²) in [6.45, 7) is 0. The van der Waals surface area contributed by atoms with Crippen LogP contribution in [0.15, 0.2) is 34.4 Å². The minimum atomic E-state index is -0.294. The lowest BCUT2D eigenvalue weighted by atomic mass is 10.2. The molecule has 0 amide bonds. The highest BCUT2D eigenvalue weighted by Crippen LogP contribution is 2.06. The second kappa shape index (κ2) is 2.73. The first-order valence-electron chi connectivity index (χ1n) is 3.42. The molecule has 0 aromatic heterocycles. The molecule has 3 nitrogen and oxygen atoms in total. The topological polar surface area (TPSA) is 38.8 Å². The fraction of sp³-hybridized carbons (Fsp3) is 0. The number of rotatable bonds is 1. The van der Waals surface area contributed by atoms with Crippen molar-refractivity contribution in [3.8, 4) is 0 Å². The Kier molecular flexibility index (Phi) is 1.59. The van der Waals surface area contributed by atoms with Crippen LogP contribution in [-0.2, 0) is 0 Å². The van der Waals surface area contributed by atoms with Gasteiger partial charge in [0.15, 0.2) is 5.84 Å². The zero-order chi connectivity index (χ0) is 8.39. The molecule has 1 aliphatic heterocycles. The Labute approximate surface area is 68.6 Å². The van der Waals surface area contributed by atoms with Crippen LogP contribution in [0.25, 0.3) is 0 Å². The summed E-state index contributed by atoms with van der Waals surface area (Å²) in [4.78, 5) is 3.84. The minimum absolute atomic E-state index is 0.294. The normalized spacial score (nSPS) is 14.2. The Bertz CT molecular complexity index is 357. The van der Waals surface area contributed by atoms with Gasteiger partial charge in [-0.2, -0.15) is 0 Å². The van der Waals surface area contributed by atoms with Gasteiger partial charge in [0.2, 0.25) is 0 Å². The highest BCUT2D eigenvalue weighted by molar-refractivity contribution is 6.04. The van der Waals surface area contributed by atoms with Gasteiger partial charge in [-0.15, -0.1) is 10.5 Å². The number of nitrogens with zero attached hydrogens (tertiary/aromatic N) is 3. The van der Waals surface area contributed by atoms with Crippen molar-refractivity contribution < 1.29 is 4.39 Å². The van der Waals surface area contributed by atoms with E-state index in [1.807, 2.05) is 0 Å². The van der Waals surface area contributed by atoms with Crippen LogP contribution in [0.3, 0.4) is 0 Å². The highest BCUT2D eigenvalue weighted by Gasteiger charge is 2.05. The number of hydrogen-bond donors (Lipinski definition) is 0. The Morgan fingerprint density at radius 2 is 2.17 bits per heavy atom. The van der Waals surface area contributed by atoms with Crippen molar-refractivity contribution in [2.24, 2.45) is 10.1 Å². The number of amidine groups is 1. The number of benzene rings is 1. The van der Waals surface area contributed by atoms with Crippen LogP contribution >= 0.6 is 0 Å². The first-order valence-corrected chi connectivity index (χ1v) is 3.42. The van der Waals surface area contributed by atoms with Crippen molar-refractivity contribution >= 4 is 12.2 Å². The summed E-state index contributed by atoms with van der Waals surface area (Å²) < 4.78 is 12.7. The third-order valence-electron chi connectivity index (χ3n) is 1.47. The molecule has 0 atom stereocenters. The van der Waals surface area contributed by atoms with E-state index >= 15 is 0 Å². The predicted octanol–water partition coefficient (Wildman–Crippen LogP) is 1.13. The highest BCUT2D eigenvalue weighted by atomic mass is 19.1. The van der Waals surface area contributed by atoms with Crippen LogP contribution in [0.5, 0.6) is 0 Å². The van der Waals surface area contributed by atoms with Gasteiger partial charge in [-0.25, -0.2) is 9.38 Å². The maximum atomic E-state index is 12.7. The third kappa shape index (κ3) is 1.18. The lowest BCUT2D eigenvalue weighted by Crippen LogP contribution is -1.94. The molecular formula is C8H5FN3. The van der Waals surface area contributed by atoms with Crippen molar-refractivity contribution in [3.63, 3.8) is 0 Å². The largest absolute Gasteiger partial charge is 0.213 e. The van der Waals surface area contributed by atoms with E-state index in [0.717, 1.165) is 0 Å². The van der Waals surface area contributed by atoms with Gasteiger partial charge < -0.3 is 0 Å². The molecule has 1 aliphatic rings. The van der Waals surface area contributed by atoms with Crippen LogP contribution in [-0.4, -0.2) is 12.2 Å². The molecule has 0 saturated carbocycles. The summed E-state index contributed by atoms with van der Waals surface area (Å²) in [7, 11) is 0. The lowest BCUT2D eigenvalue weighted by Gasteiger charge is -1.94. The molecule has 0 fully saturated rings. The molecule has 0 saturated heterocycles. The molecule has 0 unspecified atom stereocenters. The molecule has 1 aromatic carbocycles. The monoisotopic (exact) mass is 162 g/mol. The molecule has 0 spiro atoms. The Morgan fingerprint density at radius 1 is 1.25 bits per heavy atom. The van der Waals surface area contributed by atoms with Gasteiger partial charge in [0, 0.05) is 5.56 Å². The third-order valence-corrected chi connectivity index (χ3v) is 1.47. The van der Waals surface area contributed by atoms with E-state index in [1.165, 1.54) is 18.5 Å². The second-order valence-corrected chi connectivity index (χ2v) is 2.29. The van der Waals surface area contributed by atoms with Crippen molar-refractivity contribution in [2.45, 2.75) is 0 Å². The van der Waals surface area contributed by atoms with Gasteiger partial charge in [-0.3, -0.25) is 0 Å². The fourth-order valence-electron chi connectivity index (χ4n) is 0.947. The molecule has 0 bridgehead atoms. The molecule has 12 heavy (non-hydrogen) atoms. The molecule has 0 aliphatic carbocycles. The van der Waals surface area contributed by atoms with Crippen LogP contribution in [0, 0.1) is 5.82 Å². The molecular weight excluding hydrogens is 157 g/mol. The van der Waals surface area contributed by atoms with E-state index < -0.39 is 0 Å². The first kappa shape index (κ1) is 6.97. The number of hydrogen-bond acceptors (Lipinski definition) is 2. The van der Waals surface area contributed by atoms with Gasteiger partial charge in [0.1, 0.15) is 12.2 Å². The van der Waals surface area contributed by atoms with Gasteiger partial charge in [-0.1, -0.05) is 12.1 Å². The molecule has 1 radical (unpaired) electrons. The van der Waals surface area contributed by atoms with Crippen molar-refractivity contribution in [2.75, 3.05) is 0 Å². The smallest absolute Gasteiger partial charge is 0.183 e. The van der Waals surface area contributed by atoms with E-state index in [9.17, 15) is 4.39 Å². The van der Waals surface area contributed by atoms with E-state index in [0.29, 0.717) is 11.4 Å². The summed E-state index contributed by atoms with van der Waals surface area (Å²) in [5.74, 6) is 0.159. The van der Waals surface area contributed by atoms with E-state index in [2.05, 4.69) is 15.5 Å². The molecule has 1 heterocycles. The summed E-state index contributed by atoms with van der Waals surface area (Å²) in [6.07, 6.45) is 1.33. The van der Waals surface area contributed by atoms with E-state index in [1.54, 1.807) is 12.1 Å². The fourth-order valence-corrected chi connectivity index (χ4v) is 0.947. The average molecular weight is 162 g/mol. The summed E-state index contributed by atoms with van der Waals surface area (Å²) in [5, 5.41) is 3.70. The van der Waals surface area contributed by atoms with Crippen LogP contribution < -0.4 is 5.43 Å². The van der Waals surface area contributed by atoms with E-state index in [4.69, 9.17) is 0 Å². The van der Waals surface area contributed by atoms with Crippen LogP contribution in [0.2, 0.25) is 0 Å². The first-order chi connectivity index (χ1) is 5.86. The van der Waals surface area contributed by atoms with Gasteiger partial charge in [-0.05, 0) is 12.1 Å².